The molecule has 106 valence electrons. The van der Waals surface area contributed by atoms with Crippen molar-refractivity contribution in [1.29, 1.82) is 0 Å². The molecule has 1 saturated heterocycles. The molecule has 20 heavy (non-hydrogen) atoms. The van der Waals surface area contributed by atoms with E-state index < -0.39 is 17.4 Å². The van der Waals surface area contributed by atoms with E-state index in [1.165, 1.54) is 0 Å². The molecule has 1 N–H and O–H groups in total. The van der Waals surface area contributed by atoms with Crippen molar-refractivity contribution in [2.24, 2.45) is 0 Å². The second-order valence-corrected chi connectivity index (χ2v) is 5.66. The average Bonchev–Trinajstić information content (AvgIpc) is 2.36. The van der Waals surface area contributed by atoms with E-state index in [0.717, 1.165) is 0 Å². The van der Waals surface area contributed by atoms with Gasteiger partial charge in [-0.3, -0.25) is 24.6 Å². The number of benzene rings is 1. The Balaban J connectivity index is 2.18. The van der Waals surface area contributed by atoms with Crippen molar-refractivity contribution in [2.45, 2.75) is 19.4 Å². The maximum absolute atomic E-state index is 12.2. The minimum atomic E-state index is -0.901. The number of rotatable bonds is 3. The molecule has 0 aliphatic carbocycles. The van der Waals surface area contributed by atoms with Gasteiger partial charge >= 0.3 is 0 Å². The van der Waals surface area contributed by atoms with Crippen molar-refractivity contribution in [3.05, 3.63) is 34.9 Å². The van der Waals surface area contributed by atoms with Crippen LogP contribution in [-0.2, 0) is 9.59 Å². The number of Topliss-reactive ketones (excluding diaryl/α,β-unsaturated/α-hetero) is 1. The Labute approximate surface area is 121 Å². The zero-order valence-corrected chi connectivity index (χ0v) is 12.0. The van der Waals surface area contributed by atoms with Crippen molar-refractivity contribution in [2.75, 3.05) is 13.1 Å². The lowest BCUT2D eigenvalue weighted by molar-refractivity contribution is -0.144. The predicted octanol–water partition coefficient (Wildman–Crippen LogP) is 1.26. The van der Waals surface area contributed by atoms with Gasteiger partial charge in [0.15, 0.2) is 5.78 Å². The summed E-state index contributed by atoms with van der Waals surface area (Å²) in [6.07, 6.45) is 0. The van der Waals surface area contributed by atoms with Gasteiger partial charge in [-0.1, -0.05) is 23.7 Å². The summed E-state index contributed by atoms with van der Waals surface area (Å²) in [5, 5.41) is 2.74. The second-order valence-electron chi connectivity index (χ2n) is 5.23. The molecule has 2 amide bonds. The number of carbonyl (C=O) groups excluding carboxylic acids is 3. The molecule has 5 nitrogen and oxygen atoms in total. The minimum Gasteiger partial charge on any atom is -0.294 e. The molecule has 0 bridgehead atoms. The number of nitrogens with zero attached hydrogens (tertiary/aromatic N) is 1. The van der Waals surface area contributed by atoms with Crippen molar-refractivity contribution >= 4 is 29.2 Å². The van der Waals surface area contributed by atoms with E-state index in [0.29, 0.717) is 10.6 Å². The third kappa shape index (κ3) is 2.89. The number of amides is 2. The van der Waals surface area contributed by atoms with Crippen LogP contribution in [0, 0.1) is 0 Å². The highest BCUT2D eigenvalue weighted by atomic mass is 35.5. The summed E-state index contributed by atoms with van der Waals surface area (Å²) < 4.78 is 0. The number of imide groups is 1. The van der Waals surface area contributed by atoms with E-state index in [-0.39, 0.29) is 18.9 Å². The van der Waals surface area contributed by atoms with Crippen molar-refractivity contribution in [3.63, 3.8) is 0 Å². The highest BCUT2D eigenvalue weighted by molar-refractivity contribution is 6.31. The normalized spacial score (nSPS) is 18.8. The molecule has 1 aromatic rings. The van der Waals surface area contributed by atoms with E-state index in [2.05, 4.69) is 5.32 Å². The van der Waals surface area contributed by atoms with Crippen LogP contribution in [0.5, 0.6) is 0 Å². The Bertz CT molecular complexity index is 584. The Morgan fingerprint density at radius 1 is 1.40 bits per heavy atom. The van der Waals surface area contributed by atoms with Gasteiger partial charge in [-0.05, 0) is 26.0 Å². The van der Waals surface area contributed by atoms with E-state index >= 15 is 0 Å². The minimum absolute atomic E-state index is 0.00744. The number of hydrogen-bond donors (Lipinski definition) is 1. The topological polar surface area (TPSA) is 66.5 Å². The molecule has 0 saturated carbocycles. The fourth-order valence-corrected chi connectivity index (χ4v) is 2.20. The zero-order chi connectivity index (χ0) is 14.9. The van der Waals surface area contributed by atoms with Crippen molar-refractivity contribution < 1.29 is 14.4 Å². The van der Waals surface area contributed by atoms with E-state index in [4.69, 9.17) is 11.6 Å². The largest absolute Gasteiger partial charge is 0.294 e. The number of piperazine rings is 1. The fourth-order valence-electron chi connectivity index (χ4n) is 2.01. The molecule has 2 rings (SSSR count). The summed E-state index contributed by atoms with van der Waals surface area (Å²) in [6.45, 7) is 3.37. The average molecular weight is 295 g/mol. The van der Waals surface area contributed by atoms with Crippen LogP contribution in [0.25, 0.3) is 0 Å². The molecule has 0 aromatic heterocycles. The second kappa shape index (κ2) is 5.34. The summed E-state index contributed by atoms with van der Waals surface area (Å²) in [7, 11) is 0. The van der Waals surface area contributed by atoms with Crippen LogP contribution >= 0.6 is 11.6 Å². The van der Waals surface area contributed by atoms with Gasteiger partial charge in [-0.2, -0.15) is 0 Å². The van der Waals surface area contributed by atoms with Gasteiger partial charge in [0.2, 0.25) is 11.8 Å². The summed E-state index contributed by atoms with van der Waals surface area (Å²) in [5.74, 6) is -0.969. The SMILES string of the molecule is CC1(C)C(=O)NC(=O)CN1CC(=O)c1cccc(Cl)c1. The van der Waals surface area contributed by atoms with E-state index in [9.17, 15) is 14.4 Å². The van der Waals surface area contributed by atoms with Gasteiger partial charge in [-0.15, -0.1) is 0 Å². The monoisotopic (exact) mass is 294 g/mol. The molecule has 1 heterocycles. The zero-order valence-electron chi connectivity index (χ0n) is 11.3. The van der Waals surface area contributed by atoms with Crippen molar-refractivity contribution in [3.8, 4) is 0 Å². The highest BCUT2D eigenvalue weighted by Crippen LogP contribution is 2.19. The van der Waals surface area contributed by atoms with E-state index in [1.807, 2.05) is 0 Å². The maximum Gasteiger partial charge on any atom is 0.246 e. The standard InChI is InChI=1S/C14H15ClN2O3/c1-14(2)13(20)16-12(19)8-17(14)7-11(18)9-4-3-5-10(15)6-9/h3-6H,7-8H2,1-2H3,(H,16,19,20). The lowest BCUT2D eigenvalue weighted by Crippen LogP contribution is -2.64. The third-order valence-electron chi connectivity index (χ3n) is 3.41. The maximum atomic E-state index is 12.2. The first-order valence-corrected chi connectivity index (χ1v) is 6.56. The first-order valence-electron chi connectivity index (χ1n) is 6.19. The molecular formula is C14H15ClN2O3. The van der Waals surface area contributed by atoms with Crippen LogP contribution in [-0.4, -0.2) is 41.1 Å². The summed E-state index contributed by atoms with van der Waals surface area (Å²) in [5.41, 5.74) is -0.436. The molecule has 1 aliphatic rings. The molecule has 0 atom stereocenters. The lowest BCUT2D eigenvalue weighted by Gasteiger charge is -2.39. The number of halogens is 1. The Kier molecular flexibility index (Phi) is 3.92. The van der Waals surface area contributed by atoms with Gasteiger partial charge in [0, 0.05) is 10.6 Å². The Morgan fingerprint density at radius 2 is 2.10 bits per heavy atom. The third-order valence-corrected chi connectivity index (χ3v) is 3.65. The first kappa shape index (κ1) is 14.7. The smallest absolute Gasteiger partial charge is 0.246 e. The van der Waals surface area contributed by atoms with Crippen LogP contribution in [0.3, 0.4) is 0 Å². The van der Waals surface area contributed by atoms with Gasteiger partial charge in [0.25, 0.3) is 0 Å². The number of carbonyl (C=O) groups is 3. The predicted molar refractivity (Wildman–Crippen MR) is 74.6 cm³/mol. The lowest BCUT2D eigenvalue weighted by atomic mass is 9.97. The van der Waals surface area contributed by atoms with Crippen LogP contribution in [0.1, 0.15) is 24.2 Å². The first-order chi connectivity index (χ1) is 9.30. The summed E-state index contributed by atoms with van der Waals surface area (Å²) >= 11 is 5.85. The summed E-state index contributed by atoms with van der Waals surface area (Å²) in [4.78, 5) is 37.0. The molecule has 1 fully saturated rings. The molecule has 0 radical (unpaired) electrons. The molecule has 0 unspecified atom stereocenters. The van der Waals surface area contributed by atoms with Gasteiger partial charge in [0.1, 0.15) is 0 Å². The van der Waals surface area contributed by atoms with Crippen molar-refractivity contribution in [1.82, 2.24) is 10.2 Å². The van der Waals surface area contributed by atoms with Crippen LogP contribution < -0.4 is 5.32 Å². The quantitative estimate of drug-likeness (QED) is 0.673. The molecule has 1 aliphatic heterocycles. The highest BCUT2D eigenvalue weighted by Gasteiger charge is 2.41. The van der Waals surface area contributed by atoms with Gasteiger partial charge in [-0.25, -0.2) is 0 Å². The number of nitrogens with one attached hydrogen (secondary N) is 1. The molecule has 1 aromatic carbocycles. The number of ketones is 1. The van der Waals surface area contributed by atoms with Crippen LogP contribution in [0.4, 0.5) is 0 Å². The fraction of sp³-hybridized carbons (Fsp3) is 0.357. The summed E-state index contributed by atoms with van der Waals surface area (Å²) in [6, 6.07) is 6.60. The van der Waals surface area contributed by atoms with Gasteiger partial charge < -0.3 is 0 Å². The van der Waals surface area contributed by atoms with Crippen LogP contribution in [0.15, 0.2) is 24.3 Å². The van der Waals surface area contributed by atoms with E-state index in [1.54, 1.807) is 43.0 Å². The molecule has 0 spiro atoms. The Morgan fingerprint density at radius 3 is 2.75 bits per heavy atom. The Hall–Kier alpha value is -1.72. The van der Waals surface area contributed by atoms with Gasteiger partial charge in [0.05, 0.1) is 18.6 Å². The number of hydrogen-bond acceptors (Lipinski definition) is 4. The molecular weight excluding hydrogens is 280 g/mol. The molecule has 6 heteroatoms. The van der Waals surface area contributed by atoms with Crippen LogP contribution in [0.2, 0.25) is 5.02 Å².